The first kappa shape index (κ1) is 22.0. The first-order valence-corrected chi connectivity index (χ1v) is 10.3. The number of carbonyl (C=O) groups is 1. The van der Waals surface area contributed by atoms with Crippen LogP contribution in [0.2, 0.25) is 0 Å². The summed E-state index contributed by atoms with van der Waals surface area (Å²) in [7, 11) is 0. The Labute approximate surface area is 177 Å². The molecule has 1 heterocycles. The highest BCUT2D eigenvalue weighted by molar-refractivity contribution is 5.89. The van der Waals surface area contributed by atoms with E-state index in [0.717, 1.165) is 36.5 Å². The summed E-state index contributed by atoms with van der Waals surface area (Å²) < 4.78 is 20.6. The SMILES string of the molecule is CC1=NCCN(CC(Oc2ccc(C(=O)O)c(C(C)C)c2)c2ccc(C)c(F)c2)C1. The molecule has 1 aliphatic rings. The molecular formula is C24H29FN2O3. The number of carboxylic acids is 1. The Balaban J connectivity index is 1.92. The van der Waals surface area contributed by atoms with Crippen LogP contribution in [-0.2, 0) is 0 Å². The summed E-state index contributed by atoms with van der Waals surface area (Å²) in [6.07, 6.45) is -0.387. The van der Waals surface area contributed by atoms with Gasteiger partial charge in [0.15, 0.2) is 0 Å². The Hall–Kier alpha value is -2.73. The van der Waals surface area contributed by atoms with E-state index in [9.17, 15) is 14.3 Å². The summed E-state index contributed by atoms with van der Waals surface area (Å²) in [5.41, 5.74) is 3.41. The zero-order valence-electron chi connectivity index (χ0n) is 18.0. The second-order valence-electron chi connectivity index (χ2n) is 8.18. The van der Waals surface area contributed by atoms with Crippen molar-refractivity contribution in [3.05, 3.63) is 64.5 Å². The molecule has 1 atom stereocenters. The Morgan fingerprint density at radius 1 is 1.23 bits per heavy atom. The number of hydrogen-bond acceptors (Lipinski definition) is 4. The number of aromatic carboxylic acids is 1. The van der Waals surface area contributed by atoms with Crippen molar-refractivity contribution in [2.24, 2.45) is 4.99 Å². The van der Waals surface area contributed by atoms with E-state index in [1.165, 1.54) is 6.07 Å². The molecule has 160 valence electrons. The van der Waals surface area contributed by atoms with Gasteiger partial charge in [0.05, 0.1) is 12.1 Å². The molecule has 0 aromatic heterocycles. The fraction of sp³-hybridized carbons (Fsp3) is 0.417. The minimum atomic E-state index is -0.953. The molecule has 0 amide bonds. The predicted octanol–water partition coefficient (Wildman–Crippen LogP) is 4.85. The maximum atomic E-state index is 14.3. The van der Waals surface area contributed by atoms with Gasteiger partial charge in [-0.25, -0.2) is 9.18 Å². The summed E-state index contributed by atoms with van der Waals surface area (Å²) in [4.78, 5) is 18.2. The van der Waals surface area contributed by atoms with Crippen LogP contribution in [0.3, 0.4) is 0 Å². The Morgan fingerprint density at radius 3 is 2.63 bits per heavy atom. The maximum absolute atomic E-state index is 14.3. The fourth-order valence-corrected chi connectivity index (χ4v) is 3.70. The van der Waals surface area contributed by atoms with Crippen molar-refractivity contribution in [1.82, 2.24) is 4.90 Å². The van der Waals surface area contributed by atoms with Crippen LogP contribution >= 0.6 is 0 Å². The van der Waals surface area contributed by atoms with E-state index < -0.39 is 5.97 Å². The monoisotopic (exact) mass is 412 g/mol. The molecular weight excluding hydrogens is 383 g/mol. The van der Waals surface area contributed by atoms with Gasteiger partial charge in [-0.15, -0.1) is 0 Å². The lowest BCUT2D eigenvalue weighted by atomic mass is 9.97. The molecule has 1 N–H and O–H groups in total. The van der Waals surface area contributed by atoms with Gasteiger partial charge in [0, 0.05) is 25.3 Å². The van der Waals surface area contributed by atoms with E-state index in [1.54, 1.807) is 31.2 Å². The van der Waals surface area contributed by atoms with Gasteiger partial charge in [-0.2, -0.15) is 0 Å². The lowest BCUT2D eigenvalue weighted by Gasteiger charge is -2.30. The third-order valence-corrected chi connectivity index (χ3v) is 5.40. The van der Waals surface area contributed by atoms with E-state index in [1.807, 2.05) is 26.8 Å². The van der Waals surface area contributed by atoms with Gasteiger partial charge in [-0.3, -0.25) is 9.89 Å². The van der Waals surface area contributed by atoms with Crippen molar-refractivity contribution < 1.29 is 19.0 Å². The summed E-state index contributed by atoms with van der Waals surface area (Å²) in [5.74, 6) is -0.597. The number of aliphatic imine (C=N–C) groups is 1. The number of aryl methyl sites for hydroxylation is 1. The minimum absolute atomic E-state index is 0.0378. The van der Waals surface area contributed by atoms with Crippen LogP contribution in [0.15, 0.2) is 41.4 Å². The lowest BCUT2D eigenvalue weighted by molar-refractivity contribution is 0.0695. The number of benzene rings is 2. The molecule has 0 saturated heterocycles. The average Bonchev–Trinajstić information content (AvgIpc) is 2.69. The molecule has 6 heteroatoms. The highest BCUT2D eigenvalue weighted by atomic mass is 19.1. The van der Waals surface area contributed by atoms with Crippen LogP contribution in [-0.4, -0.2) is 47.9 Å². The molecule has 0 saturated carbocycles. The Morgan fingerprint density at radius 2 is 2.00 bits per heavy atom. The van der Waals surface area contributed by atoms with E-state index in [2.05, 4.69) is 9.89 Å². The lowest BCUT2D eigenvalue weighted by Crippen LogP contribution is -2.39. The van der Waals surface area contributed by atoms with Crippen molar-refractivity contribution in [3.63, 3.8) is 0 Å². The van der Waals surface area contributed by atoms with Gasteiger partial charge in [0.25, 0.3) is 0 Å². The summed E-state index contributed by atoms with van der Waals surface area (Å²) >= 11 is 0. The minimum Gasteiger partial charge on any atom is -0.484 e. The molecule has 1 aliphatic heterocycles. The Bertz CT molecular complexity index is 955. The van der Waals surface area contributed by atoms with Gasteiger partial charge in [0.2, 0.25) is 0 Å². The fourth-order valence-electron chi connectivity index (χ4n) is 3.70. The van der Waals surface area contributed by atoms with E-state index >= 15 is 0 Å². The van der Waals surface area contributed by atoms with Crippen molar-refractivity contribution in [2.45, 2.75) is 39.7 Å². The molecule has 0 aliphatic carbocycles. The number of halogens is 1. The van der Waals surface area contributed by atoms with Gasteiger partial charge in [-0.1, -0.05) is 26.0 Å². The summed E-state index contributed by atoms with van der Waals surface area (Å²) in [5, 5.41) is 9.46. The smallest absolute Gasteiger partial charge is 0.335 e. The molecule has 3 rings (SSSR count). The predicted molar refractivity (Wildman–Crippen MR) is 116 cm³/mol. The van der Waals surface area contributed by atoms with Gasteiger partial charge < -0.3 is 9.84 Å². The van der Waals surface area contributed by atoms with Crippen molar-refractivity contribution in [1.29, 1.82) is 0 Å². The molecule has 0 bridgehead atoms. The Kier molecular flexibility index (Phi) is 6.87. The van der Waals surface area contributed by atoms with Crippen molar-refractivity contribution >= 4 is 11.7 Å². The van der Waals surface area contributed by atoms with Crippen molar-refractivity contribution in [3.8, 4) is 5.75 Å². The number of hydrogen-bond donors (Lipinski definition) is 1. The molecule has 0 radical (unpaired) electrons. The molecule has 1 unspecified atom stereocenters. The van der Waals surface area contributed by atoms with Gasteiger partial charge in [0.1, 0.15) is 17.7 Å². The highest BCUT2D eigenvalue weighted by Crippen LogP contribution is 2.29. The van der Waals surface area contributed by atoms with Gasteiger partial charge in [-0.05, 0) is 60.7 Å². The normalized spacial score (nSPS) is 15.7. The quantitative estimate of drug-likeness (QED) is 0.706. The number of rotatable bonds is 7. The van der Waals surface area contributed by atoms with Crippen LogP contribution < -0.4 is 4.74 Å². The van der Waals surface area contributed by atoms with Crippen LogP contribution in [0.5, 0.6) is 5.75 Å². The van der Waals surface area contributed by atoms with E-state index in [-0.39, 0.29) is 23.4 Å². The maximum Gasteiger partial charge on any atom is 0.335 e. The number of nitrogens with zero attached hydrogens (tertiary/aromatic N) is 2. The van der Waals surface area contributed by atoms with E-state index in [0.29, 0.717) is 17.9 Å². The molecule has 30 heavy (non-hydrogen) atoms. The average molecular weight is 413 g/mol. The molecule has 2 aromatic rings. The first-order chi connectivity index (χ1) is 14.2. The van der Waals surface area contributed by atoms with Crippen LogP contribution in [0, 0.1) is 12.7 Å². The third kappa shape index (κ3) is 5.25. The topological polar surface area (TPSA) is 62.1 Å². The van der Waals surface area contributed by atoms with E-state index in [4.69, 9.17) is 4.74 Å². The summed E-state index contributed by atoms with van der Waals surface area (Å²) in [6, 6.07) is 10.2. The second kappa shape index (κ2) is 9.39. The summed E-state index contributed by atoms with van der Waals surface area (Å²) in [6.45, 7) is 10.6. The van der Waals surface area contributed by atoms with Crippen LogP contribution in [0.1, 0.15) is 59.8 Å². The third-order valence-electron chi connectivity index (χ3n) is 5.40. The molecule has 2 aromatic carbocycles. The largest absolute Gasteiger partial charge is 0.484 e. The first-order valence-electron chi connectivity index (χ1n) is 10.3. The van der Waals surface area contributed by atoms with Crippen LogP contribution in [0.25, 0.3) is 0 Å². The van der Waals surface area contributed by atoms with Crippen LogP contribution in [0.4, 0.5) is 4.39 Å². The standard InChI is InChI=1S/C24H29FN2O3/c1-15(2)21-12-19(7-8-20(21)24(28)29)30-23(14-27-10-9-26-17(4)13-27)18-6-5-16(3)22(25)11-18/h5-8,11-12,15,23H,9-10,13-14H2,1-4H3,(H,28,29). The van der Waals surface area contributed by atoms with Crippen molar-refractivity contribution in [2.75, 3.05) is 26.2 Å². The molecule has 0 spiro atoms. The zero-order chi connectivity index (χ0) is 21.8. The second-order valence-corrected chi connectivity index (χ2v) is 8.18. The highest BCUT2D eigenvalue weighted by Gasteiger charge is 2.22. The number of ether oxygens (including phenoxy) is 1. The number of carboxylic acid groups (broad SMARTS) is 1. The van der Waals surface area contributed by atoms with Gasteiger partial charge >= 0.3 is 5.97 Å². The molecule has 5 nitrogen and oxygen atoms in total. The zero-order valence-corrected chi connectivity index (χ0v) is 18.0. The molecule has 0 fully saturated rings.